The third-order valence-electron chi connectivity index (χ3n) is 4.95. The normalized spacial score (nSPS) is 14.1. The van der Waals surface area contributed by atoms with Gasteiger partial charge in [0.05, 0.1) is 6.42 Å². The number of hydrogen-bond acceptors (Lipinski definition) is 3. The summed E-state index contributed by atoms with van der Waals surface area (Å²) in [6.45, 7) is 1.65. The number of thiophene rings is 1. The molecule has 154 valence electrons. The lowest BCUT2D eigenvalue weighted by Crippen LogP contribution is -2.49. The van der Waals surface area contributed by atoms with E-state index in [0.717, 1.165) is 22.5 Å². The zero-order valence-electron chi connectivity index (χ0n) is 16.4. The van der Waals surface area contributed by atoms with Gasteiger partial charge in [-0.05, 0) is 59.8 Å². The molecule has 0 unspecified atom stereocenters. The molecule has 1 fully saturated rings. The summed E-state index contributed by atoms with van der Waals surface area (Å²) < 4.78 is 13.5. The van der Waals surface area contributed by atoms with Crippen LogP contribution in [0.3, 0.4) is 0 Å². The SMILES string of the molecule is O=C(Cc1cccs1)Nc1ccc(N2CCCN(Cc3cccc(F)c3)C2=O)cc1. The van der Waals surface area contributed by atoms with E-state index in [1.807, 2.05) is 35.7 Å². The molecule has 7 heteroatoms. The molecule has 0 bridgehead atoms. The molecule has 0 spiro atoms. The summed E-state index contributed by atoms with van der Waals surface area (Å²) in [4.78, 5) is 29.6. The van der Waals surface area contributed by atoms with E-state index < -0.39 is 0 Å². The number of benzene rings is 2. The van der Waals surface area contributed by atoms with Gasteiger partial charge in [-0.15, -0.1) is 11.3 Å². The highest BCUT2D eigenvalue weighted by atomic mass is 32.1. The van der Waals surface area contributed by atoms with E-state index in [-0.39, 0.29) is 17.8 Å². The van der Waals surface area contributed by atoms with Gasteiger partial charge in [0, 0.05) is 35.9 Å². The fraction of sp³-hybridized carbons (Fsp3) is 0.217. The van der Waals surface area contributed by atoms with E-state index in [4.69, 9.17) is 0 Å². The molecule has 4 rings (SSSR count). The number of nitrogens with zero attached hydrogens (tertiary/aromatic N) is 2. The number of rotatable bonds is 6. The molecule has 0 radical (unpaired) electrons. The first-order valence-corrected chi connectivity index (χ1v) is 10.7. The molecule has 0 aliphatic carbocycles. The molecule has 1 saturated heterocycles. The Kier molecular flexibility index (Phi) is 6.09. The van der Waals surface area contributed by atoms with Gasteiger partial charge in [-0.2, -0.15) is 0 Å². The van der Waals surface area contributed by atoms with Crippen LogP contribution in [0.1, 0.15) is 16.9 Å². The van der Waals surface area contributed by atoms with Gasteiger partial charge in [0.1, 0.15) is 5.82 Å². The van der Waals surface area contributed by atoms with Crippen molar-refractivity contribution in [2.75, 3.05) is 23.3 Å². The van der Waals surface area contributed by atoms with Crippen LogP contribution in [0.15, 0.2) is 66.0 Å². The van der Waals surface area contributed by atoms with Gasteiger partial charge in [-0.1, -0.05) is 18.2 Å². The zero-order chi connectivity index (χ0) is 20.9. The van der Waals surface area contributed by atoms with Crippen molar-refractivity contribution >= 4 is 34.6 Å². The molecule has 3 amide bonds. The molecule has 0 saturated carbocycles. The highest BCUT2D eigenvalue weighted by Gasteiger charge is 2.26. The fourth-order valence-electron chi connectivity index (χ4n) is 3.52. The number of amides is 3. The average Bonchev–Trinajstić information content (AvgIpc) is 3.23. The quantitative estimate of drug-likeness (QED) is 0.613. The molecule has 1 aliphatic rings. The number of halogens is 1. The Hall–Kier alpha value is -3.19. The highest BCUT2D eigenvalue weighted by Crippen LogP contribution is 2.23. The topological polar surface area (TPSA) is 52.7 Å². The predicted octanol–water partition coefficient (Wildman–Crippen LogP) is 4.90. The van der Waals surface area contributed by atoms with Crippen molar-refractivity contribution in [3.8, 4) is 0 Å². The number of anilines is 2. The number of carbonyl (C=O) groups is 2. The van der Waals surface area contributed by atoms with E-state index in [1.165, 1.54) is 12.1 Å². The minimum atomic E-state index is -0.300. The molecular weight excluding hydrogens is 401 g/mol. The highest BCUT2D eigenvalue weighted by molar-refractivity contribution is 7.10. The van der Waals surface area contributed by atoms with Crippen LogP contribution in [0, 0.1) is 5.82 Å². The molecule has 30 heavy (non-hydrogen) atoms. The summed E-state index contributed by atoms with van der Waals surface area (Å²) in [5.74, 6) is -0.369. The van der Waals surface area contributed by atoms with Crippen molar-refractivity contribution in [2.45, 2.75) is 19.4 Å². The second kappa shape index (κ2) is 9.09. The average molecular weight is 424 g/mol. The first-order valence-electron chi connectivity index (χ1n) is 9.82. The summed E-state index contributed by atoms with van der Waals surface area (Å²) in [5, 5.41) is 4.84. The van der Waals surface area contributed by atoms with Crippen LogP contribution in [-0.4, -0.2) is 29.9 Å². The third kappa shape index (κ3) is 4.86. The van der Waals surface area contributed by atoms with Gasteiger partial charge >= 0.3 is 6.03 Å². The lowest BCUT2D eigenvalue weighted by Gasteiger charge is -2.35. The van der Waals surface area contributed by atoms with E-state index in [2.05, 4.69) is 5.32 Å². The molecule has 2 heterocycles. The Morgan fingerprint density at radius 3 is 2.63 bits per heavy atom. The molecule has 1 N–H and O–H groups in total. The van der Waals surface area contributed by atoms with E-state index in [0.29, 0.717) is 31.7 Å². The second-order valence-electron chi connectivity index (χ2n) is 7.19. The molecule has 5 nitrogen and oxygen atoms in total. The monoisotopic (exact) mass is 423 g/mol. The van der Waals surface area contributed by atoms with Gasteiger partial charge in [0.2, 0.25) is 5.91 Å². The molecule has 0 atom stereocenters. The van der Waals surface area contributed by atoms with Crippen LogP contribution in [0.4, 0.5) is 20.6 Å². The molecule has 1 aliphatic heterocycles. The first-order chi connectivity index (χ1) is 14.6. The molecule has 2 aromatic carbocycles. The van der Waals surface area contributed by atoms with Crippen LogP contribution < -0.4 is 10.2 Å². The molecule has 1 aromatic heterocycles. The summed E-state index contributed by atoms with van der Waals surface area (Å²) in [6, 6.07) is 17.4. The second-order valence-corrected chi connectivity index (χ2v) is 8.22. The minimum Gasteiger partial charge on any atom is -0.326 e. The summed E-state index contributed by atoms with van der Waals surface area (Å²) >= 11 is 1.55. The smallest absolute Gasteiger partial charge is 0.324 e. The van der Waals surface area contributed by atoms with Crippen molar-refractivity contribution in [3.05, 3.63) is 82.3 Å². The Morgan fingerprint density at radius 1 is 1.07 bits per heavy atom. The van der Waals surface area contributed by atoms with Gasteiger partial charge < -0.3 is 10.2 Å². The van der Waals surface area contributed by atoms with Gasteiger partial charge in [-0.3, -0.25) is 9.69 Å². The maximum Gasteiger partial charge on any atom is 0.324 e. The summed E-state index contributed by atoms with van der Waals surface area (Å²) in [6.07, 6.45) is 1.18. The maximum absolute atomic E-state index is 13.5. The number of nitrogens with one attached hydrogen (secondary N) is 1. The Bertz CT molecular complexity index is 1020. The standard InChI is InChI=1S/C23H22FN3O2S/c24-18-5-1-4-17(14-18)16-26-11-3-12-27(23(26)29)20-9-7-19(8-10-20)25-22(28)15-21-6-2-13-30-21/h1-2,4-10,13-14H,3,11-12,15-16H2,(H,25,28). The van der Waals surface area contributed by atoms with Crippen molar-refractivity contribution in [3.63, 3.8) is 0 Å². The van der Waals surface area contributed by atoms with Crippen molar-refractivity contribution in [1.29, 1.82) is 0 Å². The lowest BCUT2D eigenvalue weighted by atomic mass is 10.1. The predicted molar refractivity (Wildman–Crippen MR) is 117 cm³/mol. The number of urea groups is 1. The van der Waals surface area contributed by atoms with Crippen LogP contribution in [0.2, 0.25) is 0 Å². The maximum atomic E-state index is 13.5. The summed E-state index contributed by atoms with van der Waals surface area (Å²) in [5.41, 5.74) is 2.25. The molecule has 3 aromatic rings. The van der Waals surface area contributed by atoms with Gasteiger partial charge in [0.15, 0.2) is 0 Å². The number of hydrogen-bond donors (Lipinski definition) is 1. The molecular formula is C23H22FN3O2S. The van der Waals surface area contributed by atoms with Crippen LogP contribution in [0.25, 0.3) is 0 Å². The van der Waals surface area contributed by atoms with E-state index in [9.17, 15) is 14.0 Å². The Morgan fingerprint density at radius 2 is 1.90 bits per heavy atom. The minimum absolute atomic E-state index is 0.0690. The first kappa shape index (κ1) is 20.1. The lowest BCUT2D eigenvalue weighted by molar-refractivity contribution is -0.115. The van der Waals surface area contributed by atoms with E-state index in [1.54, 1.807) is 39.3 Å². The third-order valence-corrected chi connectivity index (χ3v) is 5.83. The van der Waals surface area contributed by atoms with Crippen LogP contribution in [0.5, 0.6) is 0 Å². The zero-order valence-corrected chi connectivity index (χ0v) is 17.2. The van der Waals surface area contributed by atoms with Crippen molar-refractivity contribution in [1.82, 2.24) is 4.90 Å². The summed E-state index contributed by atoms with van der Waals surface area (Å²) in [7, 11) is 0. The largest absolute Gasteiger partial charge is 0.326 e. The van der Waals surface area contributed by atoms with Crippen molar-refractivity contribution in [2.24, 2.45) is 0 Å². The Labute approximate surface area is 178 Å². The van der Waals surface area contributed by atoms with Gasteiger partial charge in [-0.25, -0.2) is 9.18 Å². The van der Waals surface area contributed by atoms with Crippen molar-refractivity contribution < 1.29 is 14.0 Å². The Balaban J connectivity index is 1.39. The van der Waals surface area contributed by atoms with Crippen LogP contribution >= 0.6 is 11.3 Å². The van der Waals surface area contributed by atoms with E-state index >= 15 is 0 Å². The number of carbonyl (C=O) groups excluding carboxylic acids is 2. The fourth-order valence-corrected chi connectivity index (χ4v) is 4.23. The van der Waals surface area contributed by atoms with Gasteiger partial charge in [0.25, 0.3) is 0 Å². The van der Waals surface area contributed by atoms with Crippen LogP contribution in [-0.2, 0) is 17.8 Å².